The Morgan fingerprint density at radius 3 is 2.53 bits per heavy atom. The van der Waals surface area contributed by atoms with E-state index in [1.54, 1.807) is 0 Å². The van der Waals surface area contributed by atoms with Gasteiger partial charge in [0.15, 0.2) is 10.9 Å². The van der Waals surface area contributed by atoms with Crippen LogP contribution < -0.4 is 0 Å². The van der Waals surface area contributed by atoms with E-state index < -0.39 is 0 Å². The smallest absolute Gasteiger partial charge is 0.188 e. The molecule has 0 N–H and O–H groups in total. The van der Waals surface area contributed by atoms with E-state index in [2.05, 4.69) is 9.97 Å². The molecule has 5 heteroatoms. The molecule has 1 aromatic heterocycles. The molecule has 0 unspecified atom stereocenters. The van der Waals surface area contributed by atoms with Crippen LogP contribution in [0.3, 0.4) is 0 Å². The summed E-state index contributed by atoms with van der Waals surface area (Å²) in [5.74, 6) is 0.404. The van der Waals surface area contributed by atoms with E-state index >= 15 is 0 Å². The Kier molecular flexibility index (Phi) is 4.71. The van der Waals surface area contributed by atoms with E-state index in [1.165, 1.54) is 18.9 Å². The number of nitrogens with zero attached hydrogens (tertiary/aromatic N) is 2. The van der Waals surface area contributed by atoms with Crippen LogP contribution in [-0.4, -0.2) is 35.2 Å². The average molecular weight is 226 g/mol. The first-order chi connectivity index (χ1) is 7.11. The average Bonchev–Trinajstić information content (AvgIpc) is 2.14. The van der Waals surface area contributed by atoms with Crippen LogP contribution in [0.2, 0.25) is 0 Å². The molecule has 0 amide bonds. The van der Waals surface area contributed by atoms with Crippen molar-refractivity contribution in [2.24, 2.45) is 0 Å². The zero-order chi connectivity index (χ0) is 11.3. The molecule has 0 saturated carbocycles. The van der Waals surface area contributed by atoms with Gasteiger partial charge in [-0.15, -0.1) is 0 Å². The molecule has 0 atom stereocenters. The molecule has 0 fully saturated rings. The minimum absolute atomic E-state index is 0.0465. The standard InChI is InChI=1S/C10H14N2O2S/c1-7-4-8(2)12-10(11-7)15-6-9(13)5-14-3/h4H,5-6H2,1-3H3. The van der Waals surface area contributed by atoms with Gasteiger partial charge in [-0.05, 0) is 19.9 Å². The second kappa shape index (κ2) is 5.82. The maximum Gasteiger partial charge on any atom is 0.188 e. The summed E-state index contributed by atoms with van der Waals surface area (Å²) in [4.78, 5) is 19.6. The van der Waals surface area contributed by atoms with Crippen LogP contribution in [0.4, 0.5) is 0 Å². The van der Waals surface area contributed by atoms with Crippen molar-refractivity contribution in [3.8, 4) is 0 Å². The first kappa shape index (κ1) is 12.1. The normalized spacial score (nSPS) is 10.3. The van der Waals surface area contributed by atoms with E-state index in [4.69, 9.17) is 4.74 Å². The van der Waals surface area contributed by atoms with Gasteiger partial charge in [0.05, 0.1) is 5.75 Å². The van der Waals surface area contributed by atoms with E-state index in [-0.39, 0.29) is 12.4 Å². The summed E-state index contributed by atoms with van der Waals surface area (Å²) in [5.41, 5.74) is 1.84. The quantitative estimate of drug-likeness (QED) is 0.561. The van der Waals surface area contributed by atoms with Crippen LogP contribution in [0.5, 0.6) is 0 Å². The highest BCUT2D eigenvalue weighted by Gasteiger charge is 2.05. The maximum atomic E-state index is 11.2. The zero-order valence-corrected chi connectivity index (χ0v) is 9.93. The van der Waals surface area contributed by atoms with Crippen molar-refractivity contribution >= 4 is 17.5 Å². The summed E-state index contributed by atoms with van der Waals surface area (Å²) in [6, 6.07) is 1.90. The predicted octanol–water partition coefficient (Wildman–Crippen LogP) is 1.40. The summed E-state index contributed by atoms with van der Waals surface area (Å²) in [7, 11) is 1.51. The first-order valence-electron chi connectivity index (χ1n) is 4.57. The van der Waals surface area contributed by atoms with Crippen LogP contribution in [0, 0.1) is 13.8 Å². The van der Waals surface area contributed by atoms with Gasteiger partial charge < -0.3 is 4.74 Å². The summed E-state index contributed by atoms with van der Waals surface area (Å²) < 4.78 is 4.74. The minimum Gasteiger partial charge on any atom is -0.377 e. The fraction of sp³-hybridized carbons (Fsp3) is 0.500. The maximum absolute atomic E-state index is 11.2. The Labute approximate surface area is 93.5 Å². The molecule has 1 aromatic rings. The third-order valence-electron chi connectivity index (χ3n) is 1.63. The number of Topliss-reactive ketones (excluding diaryl/α,β-unsaturated/α-hetero) is 1. The van der Waals surface area contributed by atoms with E-state index in [1.807, 2.05) is 19.9 Å². The second-order valence-electron chi connectivity index (χ2n) is 3.19. The molecule has 0 bridgehead atoms. The molecule has 1 rings (SSSR count). The van der Waals surface area contributed by atoms with Gasteiger partial charge in [-0.3, -0.25) is 4.79 Å². The third-order valence-corrected chi connectivity index (χ3v) is 2.54. The number of methoxy groups -OCH3 is 1. The van der Waals surface area contributed by atoms with E-state index in [9.17, 15) is 4.79 Å². The molecule has 0 aliphatic heterocycles. The number of hydrogen-bond acceptors (Lipinski definition) is 5. The van der Waals surface area contributed by atoms with Crippen LogP contribution in [0.1, 0.15) is 11.4 Å². The highest BCUT2D eigenvalue weighted by atomic mass is 32.2. The molecule has 15 heavy (non-hydrogen) atoms. The van der Waals surface area contributed by atoms with Crippen LogP contribution >= 0.6 is 11.8 Å². The Hall–Kier alpha value is -0.940. The number of rotatable bonds is 5. The summed E-state index contributed by atoms with van der Waals surface area (Å²) in [6.45, 7) is 3.98. The van der Waals surface area contributed by atoms with Gasteiger partial charge in [-0.2, -0.15) is 0 Å². The Morgan fingerprint density at radius 2 is 2.00 bits per heavy atom. The van der Waals surface area contributed by atoms with Gasteiger partial charge in [0.25, 0.3) is 0 Å². The van der Waals surface area contributed by atoms with E-state index in [0.717, 1.165) is 11.4 Å². The van der Waals surface area contributed by atoms with Gasteiger partial charge in [-0.25, -0.2) is 9.97 Å². The van der Waals surface area contributed by atoms with Crippen molar-refractivity contribution in [3.63, 3.8) is 0 Å². The molecular weight excluding hydrogens is 212 g/mol. The van der Waals surface area contributed by atoms with Gasteiger partial charge in [0, 0.05) is 18.5 Å². The number of hydrogen-bond donors (Lipinski definition) is 0. The lowest BCUT2D eigenvalue weighted by Gasteiger charge is -2.02. The van der Waals surface area contributed by atoms with Crippen molar-refractivity contribution in [1.82, 2.24) is 9.97 Å². The fourth-order valence-electron chi connectivity index (χ4n) is 1.11. The van der Waals surface area contributed by atoms with Crippen molar-refractivity contribution < 1.29 is 9.53 Å². The number of carbonyl (C=O) groups excluding carboxylic acids is 1. The summed E-state index contributed by atoms with van der Waals surface area (Å²) in [6.07, 6.45) is 0. The fourth-order valence-corrected chi connectivity index (χ4v) is 1.90. The van der Waals surface area contributed by atoms with Crippen molar-refractivity contribution in [2.75, 3.05) is 19.5 Å². The number of carbonyl (C=O) groups is 1. The topological polar surface area (TPSA) is 52.1 Å². The molecule has 0 radical (unpaired) electrons. The molecular formula is C10H14N2O2S. The third kappa shape index (κ3) is 4.40. The van der Waals surface area contributed by atoms with Crippen LogP contribution in [0.15, 0.2) is 11.2 Å². The number of aryl methyl sites for hydroxylation is 2. The molecule has 0 spiro atoms. The largest absolute Gasteiger partial charge is 0.377 e. The Bertz CT molecular complexity index is 335. The second-order valence-corrected chi connectivity index (χ2v) is 4.14. The lowest BCUT2D eigenvalue weighted by Crippen LogP contribution is -2.09. The molecule has 1 heterocycles. The lowest BCUT2D eigenvalue weighted by atomic mass is 10.4. The minimum atomic E-state index is 0.0465. The molecule has 0 saturated heterocycles. The zero-order valence-electron chi connectivity index (χ0n) is 9.11. The number of ketones is 1. The SMILES string of the molecule is COCC(=O)CSc1nc(C)cc(C)n1. The highest BCUT2D eigenvalue weighted by Crippen LogP contribution is 2.13. The van der Waals surface area contributed by atoms with E-state index in [0.29, 0.717) is 10.9 Å². The van der Waals surface area contributed by atoms with Crippen molar-refractivity contribution in [2.45, 2.75) is 19.0 Å². The molecule has 82 valence electrons. The van der Waals surface area contributed by atoms with Crippen LogP contribution in [-0.2, 0) is 9.53 Å². The predicted molar refractivity (Wildman–Crippen MR) is 59.1 cm³/mol. The summed E-state index contributed by atoms with van der Waals surface area (Å²) >= 11 is 1.35. The Morgan fingerprint density at radius 1 is 1.40 bits per heavy atom. The Balaban J connectivity index is 2.54. The monoisotopic (exact) mass is 226 g/mol. The van der Waals surface area contributed by atoms with Gasteiger partial charge in [0.1, 0.15) is 6.61 Å². The first-order valence-corrected chi connectivity index (χ1v) is 5.56. The van der Waals surface area contributed by atoms with Gasteiger partial charge >= 0.3 is 0 Å². The summed E-state index contributed by atoms with van der Waals surface area (Å²) in [5, 5.41) is 0.650. The van der Waals surface area contributed by atoms with Crippen molar-refractivity contribution in [3.05, 3.63) is 17.5 Å². The van der Waals surface area contributed by atoms with Crippen LogP contribution in [0.25, 0.3) is 0 Å². The van der Waals surface area contributed by atoms with Crippen molar-refractivity contribution in [1.29, 1.82) is 0 Å². The van der Waals surface area contributed by atoms with Gasteiger partial charge in [0.2, 0.25) is 0 Å². The molecule has 4 nitrogen and oxygen atoms in total. The lowest BCUT2D eigenvalue weighted by molar-refractivity contribution is -0.120. The number of thioether (sulfide) groups is 1. The molecule has 0 aliphatic rings. The number of aromatic nitrogens is 2. The van der Waals surface area contributed by atoms with Gasteiger partial charge in [-0.1, -0.05) is 11.8 Å². The highest BCUT2D eigenvalue weighted by molar-refractivity contribution is 7.99. The molecule has 0 aliphatic carbocycles. The molecule has 0 aromatic carbocycles. The number of ether oxygens (including phenoxy) is 1.